The molecule has 2 aromatic carbocycles. The van der Waals surface area contributed by atoms with Gasteiger partial charge in [-0.25, -0.2) is 4.98 Å². The van der Waals surface area contributed by atoms with Crippen molar-refractivity contribution < 1.29 is 9.59 Å². The van der Waals surface area contributed by atoms with Crippen LogP contribution in [0.25, 0.3) is 0 Å². The van der Waals surface area contributed by atoms with E-state index >= 15 is 0 Å². The van der Waals surface area contributed by atoms with E-state index in [-0.39, 0.29) is 17.9 Å². The van der Waals surface area contributed by atoms with Crippen molar-refractivity contribution in [3.63, 3.8) is 0 Å². The van der Waals surface area contributed by atoms with Crippen LogP contribution in [0, 0.1) is 11.8 Å². The summed E-state index contributed by atoms with van der Waals surface area (Å²) in [5.41, 5.74) is 4.24. The number of imidazole rings is 1. The van der Waals surface area contributed by atoms with Crippen molar-refractivity contribution in [3.05, 3.63) is 99.5 Å². The molecule has 4 aromatic rings. The second-order valence-corrected chi connectivity index (χ2v) is 13.0. The van der Waals surface area contributed by atoms with E-state index in [0.717, 1.165) is 66.3 Å². The number of nitrogens with one attached hydrogen (secondary N) is 1. The SMILES string of the molecule is O=C(NCC1CC1)c1c(CC(=O)C2CC2)sc2c1CC(n1ccnc1N(Cc1ccccc1)c1ccccc1)CC2. The zero-order chi connectivity index (χ0) is 27.8. The summed E-state index contributed by atoms with van der Waals surface area (Å²) in [7, 11) is 0. The Morgan fingerprint density at radius 2 is 1.73 bits per heavy atom. The van der Waals surface area contributed by atoms with E-state index in [9.17, 15) is 9.59 Å². The molecule has 6 nitrogen and oxygen atoms in total. The third-order valence-corrected chi connectivity index (χ3v) is 9.98. The smallest absolute Gasteiger partial charge is 0.252 e. The van der Waals surface area contributed by atoms with Crippen LogP contribution in [0.5, 0.6) is 0 Å². The average Bonchev–Trinajstić information content (AvgIpc) is 3.94. The number of benzene rings is 2. The number of thiophene rings is 1. The van der Waals surface area contributed by atoms with Gasteiger partial charge in [-0.1, -0.05) is 48.5 Å². The Kier molecular flexibility index (Phi) is 7.21. The highest BCUT2D eigenvalue weighted by molar-refractivity contribution is 7.12. The van der Waals surface area contributed by atoms with Crippen LogP contribution in [0.1, 0.15) is 69.4 Å². The Morgan fingerprint density at radius 1 is 0.976 bits per heavy atom. The van der Waals surface area contributed by atoms with Gasteiger partial charge in [0.25, 0.3) is 5.91 Å². The van der Waals surface area contributed by atoms with Crippen molar-refractivity contribution in [3.8, 4) is 0 Å². The van der Waals surface area contributed by atoms with Crippen LogP contribution in [0.3, 0.4) is 0 Å². The van der Waals surface area contributed by atoms with Crippen molar-refractivity contribution >= 4 is 34.7 Å². The molecule has 1 unspecified atom stereocenters. The lowest BCUT2D eigenvalue weighted by molar-refractivity contribution is -0.119. The zero-order valence-corrected chi connectivity index (χ0v) is 24.1. The van der Waals surface area contributed by atoms with Crippen LogP contribution in [-0.4, -0.2) is 27.8 Å². The second kappa shape index (κ2) is 11.3. The normalized spacial score (nSPS) is 18.1. The van der Waals surface area contributed by atoms with Crippen LogP contribution < -0.4 is 10.2 Å². The Balaban J connectivity index is 1.20. The first-order valence-corrected chi connectivity index (χ1v) is 15.8. The predicted octanol–water partition coefficient (Wildman–Crippen LogP) is 6.67. The predicted molar refractivity (Wildman–Crippen MR) is 163 cm³/mol. The lowest BCUT2D eigenvalue weighted by Crippen LogP contribution is -2.29. The summed E-state index contributed by atoms with van der Waals surface area (Å²) in [6.45, 7) is 1.45. The van der Waals surface area contributed by atoms with Crippen LogP contribution in [0.15, 0.2) is 73.1 Å². The maximum absolute atomic E-state index is 13.6. The van der Waals surface area contributed by atoms with Gasteiger partial charge in [0.15, 0.2) is 0 Å². The van der Waals surface area contributed by atoms with Gasteiger partial charge in [-0.15, -0.1) is 11.3 Å². The van der Waals surface area contributed by atoms with Crippen LogP contribution in [0.2, 0.25) is 0 Å². The van der Waals surface area contributed by atoms with E-state index in [1.54, 1.807) is 11.3 Å². The number of ketones is 1. The van der Waals surface area contributed by atoms with Gasteiger partial charge in [-0.3, -0.25) is 9.59 Å². The van der Waals surface area contributed by atoms with Gasteiger partial charge in [-0.2, -0.15) is 0 Å². The maximum Gasteiger partial charge on any atom is 0.252 e. The molecule has 0 aliphatic heterocycles. The third-order valence-electron chi connectivity index (χ3n) is 8.69. The Labute approximate surface area is 245 Å². The van der Waals surface area contributed by atoms with Gasteiger partial charge in [0.2, 0.25) is 5.95 Å². The van der Waals surface area contributed by atoms with Gasteiger partial charge in [0.05, 0.1) is 12.1 Å². The quantitative estimate of drug-likeness (QED) is 0.221. The number of rotatable bonds is 11. The first kappa shape index (κ1) is 26.2. The molecule has 7 heteroatoms. The third kappa shape index (κ3) is 5.73. The zero-order valence-electron chi connectivity index (χ0n) is 23.3. The number of hydrogen-bond donors (Lipinski definition) is 1. The molecule has 1 amide bonds. The summed E-state index contributed by atoms with van der Waals surface area (Å²) >= 11 is 1.71. The highest BCUT2D eigenvalue weighted by Crippen LogP contribution is 2.42. The highest BCUT2D eigenvalue weighted by Gasteiger charge is 2.35. The molecule has 210 valence electrons. The molecule has 0 saturated heterocycles. The van der Waals surface area contributed by atoms with Crippen molar-refractivity contribution in [2.75, 3.05) is 11.4 Å². The molecular weight excluding hydrogens is 528 g/mol. The lowest BCUT2D eigenvalue weighted by atomic mass is 9.89. The maximum atomic E-state index is 13.6. The largest absolute Gasteiger partial charge is 0.352 e. The monoisotopic (exact) mass is 564 g/mol. The first-order valence-electron chi connectivity index (χ1n) is 15.0. The number of fused-ring (bicyclic) bond motifs is 1. The molecule has 41 heavy (non-hydrogen) atoms. The summed E-state index contributed by atoms with van der Waals surface area (Å²) in [6, 6.07) is 21.1. The molecule has 0 bridgehead atoms. The number of amides is 1. The molecule has 0 radical (unpaired) electrons. The second-order valence-electron chi connectivity index (χ2n) is 11.8. The summed E-state index contributed by atoms with van der Waals surface area (Å²) in [6.07, 6.45) is 11.4. The number of aryl methyl sites for hydroxylation is 1. The topological polar surface area (TPSA) is 67.2 Å². The fraction of sp³-hybridized carbons (Fsp3) is 0.382. The average molecular weight is 565 g/mol. The molecule has 2 fully saturated rings. The van der Waals surface area contributed by atoms with Gasteiger partial charge in [-0.05, 0) is 74.1 Å². The highest BCUT2D eigenvalue weighted by atomic mass is 32.1. The minimum Gasteiger partial charge on any atom is -0.352 e. The number of nitrogens with zero attached hydrogens (tertiary/aromatic N) is 3. The number of hydrogen-bond acceptors (Lipinski definition) is 5. The molecule has 7 rings (SSSR count). The number of anilines is 2. The molecular formula is C34H36N4O2S. The number of para-hydroxylation sites is 1. The molecule has 2 aromatic heterocycles. The van der Waals surface area contributed by atoms with Gasteiger partial charge in [0, 0.05) is 52.8 Å². The van der Waals surface area contributed by atoms with E-state index in [0.29, 0.717) is 24.7 Å². The van der Waals surface area contributed by atoms with Crippen LogP contribution >= 0.6 is 11.3 Å². The van der Waals surface area contributed by atoms with Gasteiger partial charge in [0.1, 0.15) is 5.78 Å². The van der Waals surface area contributed by atoms with E-state index in [4.69, 9.17) is 4.98 Å². The molecule has 0 spiro atoms. The molecule has 3 aliphatic carbocycles. The number of carbonyl (C=O) groups is 2. The number of carbonyl (C=O) groups excluding carboxylic acids is 2. The summed E-state index contributed by atoms with van der Waals surface area (Å²) in [5, 5.41) is 3.21. The number of aromatic nitrogens is 2. The molecule has 2 saturated carbocycles. The standard InChI is InChI=1S/C34H36N4O2S/c39-29(25-13-14-25)20-31-32(33(40)36-21-23-11-12-23)28-19-27(15-16-30(28)41-31)37-18-17-35-34(37)38(26-9-5-2-6-10-26)22-24-7-3-1-4-8-24/h1-10,17-18,23,25,27H,11-16,19-22H2,(H,36,40). The van der Waals surface area contributed by atoms with Crippen molar-refractivity contribution in [2.45, 2.75) is 64.0 Å². The Hall–Kier alpha value is -3.71. The van der Waals surface area contributed by atoms with E-state index < -0.39 is 0 Å². The Morgan fingerprint density at radius 3 is 2.46 bits per heavy atom. The van der Waals surface area contributed by atoms with Crippen LogP contribution in [0.4, 0.5) is 11.6 Å². The fourth-order valence-corrected chi connectivity index (χ4v) is 7.41. The minimum absolute atomic E-state index is 0.00879. The molecule has 1 atom stereocenters. The van der Waals surface area contributed by atoms with Crippen molar-refractivity contribution in [1.82, 2.24) is 14.9 Å². The van der Waals surface area contributed by atoms with Gasteiger partial charge >= 0.3 is 0 Å². The van der Waals surface area contributed by atoms with Crippen molar-refractivity contribution in [2.24, 2.45) is 11.8 Å². The van der Waals surface area contributed by atoms with E-state index in [1.807, 2.05) is 18.3 Å². The summed E-state index contributed by atoms with van der Waals surface area (Å²) in [4.78, 5) is 35.9. The lowest BCUT2D eigenvalue weighted by Gasteiger charge is -2.30. The van der Waals surface area contributed by atoms with Crippen molar-refractivity contribution in [1.29, 1.82) is 0 Å². The fourth-order valence-electron chi connectivity index (χ4n) is 6.05. The minimum atomic E-state index is 0.00879. The van der Waals surface area contributed by atoms with E-state index in [2.05, 4.69) is 69.5 Å². The molecule has 1 N–H and O–H groups in total. The van der Waals surface area contributed by atoms with Crippen LogP contribution in [-0.2, 0) is 30.6 Å². The number of Topliss-reactive ketones (excluding diaryl/α,β-unsaturated/α-hetero) is 1. The van der Waals surface area contributed by atoms with E-state index in [1.165, 1.54) is 23.3 Å². The first-order chi connectivity index (χ1) is 20.1. The summed E-state index contributed by atoms with van der Waals surface area (Å²) in [5.74, 6) is 2.03. The molecule has 3 aliphatic rings. The summed E-state index contributed by atoms with van der Waals surface area (Å²) < 4.78 is 2.30. The van der Waals surface area contributed by atoms with Gasteiger partial charge < -0.3 is 14.8 Å². The molecule has 2 heterocycles. The Bertz CT molecular complexity index is 1540.